The zero-order valence-electron chi connectivity index (χ0n) is 12.9. The van der Waals surface area contributed by atoms with E-state index in [2.05, 4.69) is 24.1 Å². The lowest BCUT2D eigenvalue weighted by Gasteiger charge is -2.43. The van der Waals surface area contributed by atoms with Crippen molar-refractivity contribution in [3.8, 4) is 0 Å². The molecule has 0 bridgehead atoms. The molecular weight excluding hydrogens is 232 g/mol. The lowest BCUT2D eigenvalue weighted by atomic mass is 9.82. The third-order valence-electron chi connectivity index (χ3n) is 5.39. The fourth-order valence-electron chi connectivity index (χ4n) is 3.86. The molecule has 2 heteroatoms. The third kappa shape index (κ3) is 3.95. The molecule has 110 valence electrons. The van der Waals surface area contributed by atoms with Crippen molar-refractivity contribution in [3.05, 3.63) is 0 Å². The van der Waals surface area contributed by atoms with Crippen molar-refractivity contribution in [1.29, 1.82) is 0 Å². The lowest BCUT2D eigenvalue weighted by molar-refractivity contribution is 0.0925. The van der Waals surface area contributed by atoms with Crippen molar-refractivity contribution in [2.75, 3.05) is 19.6 Å². The number of nitrogens with one attached hydrogen (secondary N) is 1. The van der Waals surface area contributed by atoms with Crippen LogP contribution in [0.5, 0.6) is 0 Å². The number of rotatable bonds is 7. The molecule has 3 aliphatic carbocycles. The number of likely N-dealkylation sites (N-methyl/N-ethyl adjacent to an activating group) is 1. The van der Waals surface area contributed by atoms with Crippen molar-refractivity contribution in [2.24, 2.45) is 17.8 Å². The Morgan fingerprint density at radius 2 is 1.58 bits per heavy atom. The third-order valence-corrected chi connectivity index (χ3v) is 5.39. The average Bonchev–Trinajstić information content (AvgIpc) is 3.26. The molecule has 0 heterocycles. The van der Waals surface area contributed by atoms with Gasteiger partial charge >= 0.3 is 0 Å². The van der Waals surface area contributed by atoms with Crippen LogP contribution in [0.2, 0.25) is 0 Å². The highest BCUT2D eigenvalue weighted by Gasteiger charge is 2.37. The first-order valence-electron chi connectivity index (χ1n) is 8.73. The van der Waals surface area contributed by atoms with Gasteiger partial charge in [0.25, 0.3) is 0 Å². The summed E-state index contributed by atoms with van der Waals surface area (Å²) in [7, 11) is 0. The minimum absolute atomic E-state index is 0.763. The first-order chi connectivity index (χ1) is 9.26. The van der Waals surface area contributed by atoms with Crippen LogP contribution in [0.15, 0.2) is 0 Å². The monoisotopic (exact) mass is 264 g/mol. The Labute approximate surface area is 119 Å². The average molecular weight is 264 g/mol. The molecule has 1 N–H and O–H groups in total. The van der Waals surface area contributed by atoms with Crippen LogP contribution in [-0.4, -0.2) is 36.6 Å². The molecule has 3 aliphatic rings. The van der Waals surface area contributed by atoms with Gasteiger partial charge in [0.05, 0.1) is 0 Å². The summed E-state index contributed by atoms with van der Waals surface area (Å²) in [5.74, 6) is 3.01. The van der Waals surface area contributed by atoms with Gasteiger partial charge in [-0.05, 0) is 69.2 Å². The number of nitrogens with zero attached hydrogens (tertiary/aromatic N) is 1. The Morgan fingerprint density at radius 3 is 2.11 bits per heavy atom. The van der Waals surface area contributed by atoms with Crippen molar-refractivity contribution < 1.29 is 0 Å². The van der Waals surface area contributed by atoms with E-state index in [0.29, 0.717) is 0 Å². The van der Waals surface area contributed by atoms with Gasteiger partial charge in [-0.2, -0.15) is 0 Å². The van der Waals surface area contributed by atoms with E-state index in [1.807, 2.05) is 0 Å². The topological polar surface area (TPSA) is 15.3 Å². The van der Waals surface area contributed by atoms with E-state index in [4.69, 9.17) is 0 Å². The second kappa shape index (κ2) is 6.13. The molecular formula is C17H32N2. The Hall–Kier alpha value is -0.0800. The maximum absolute atomic E-state index is 3.78. The number of hydrogen-bond acceptors (Lipinski definition) is 2. The Morgan fingerprint density at radius 1 is 0.947 bits per heavy atom. The highest BCUT2D eigenvalue weighted by molar-refractivity contribution is 4.94. The molecule has 3 saturated carbocycles. The van der Waals surface area contributed by atoms with Gasteiger partial charge in [0.1, 0.15) is 0 Å². The molecule has 19 heavy (non-hydrogen) atoms. The van der Waals surface area contributed by atoms with Gasteiger partial charge in [-0.3, -0.25) is 4.90 Å². The zero-order valence-corrected chi connectivity index (χ0v) is 12.9. The number of hydrogen-bond donors (Lipinski definition) is 1. The molecule has 0 spiro atoms. The van der Waals surface area contributed by atoms with Crippen molar-refractivity contribution in [1.82, 2.24) is 10.2 Å². The largest absolute Gasteiger partial charge is 0.313 e. The van der Waals surface area contributed by atoms with Gasteiger partial charge in [0.15, 0.2) is 0 Å². The standard InChI is InChI=1S/C17H32N2/c1-3-18-16-9-4-13(2)10-17(16)19(11-14-5-6-14)12-15-7-8-15/h13-18H,3-12H2,1-2H3. The van der Waals surface area contributed by atoms with Crippen LogP contribution >= 0.6 is 0 Å². The molecule has 0 aromatic heterocycles. The fourth-order valence-corrected chi connectivity index (χ4v) is 3.86. The molecule has 0 aliphatic heterocycles. The summed E-state index contributed by atoms with van der Waals surface area (Å²) in [5, 5.41) is 3.78. The molecule has 0 aromatic rings. The van der Waals surface area contributed by atoms with E-state index >= 15 is 0 Å². The normalized spacial score (nSPS) is 35.8. The first kappa shape index (κ1) is 13.9. The highest BCUT2D eigenvalue weighted by Crippen LogP contribution is 2.37. The molecule has 0 radical (unpaired) electrons. The zero-order chi connectivity index (χ0) is 13.2. The van der Waals surface area contributed by atoms with Gasteiger partial charge in [-0.1, -0.05) is 13.8 Å². The molecule has 3 fully saturated rings. The van der Waals surface area contributed by atoms with Gasteiger partial charge in [-0.15, -0.1) is 0 Å². The summed E-state index contributed by atoms with van der Waals surface area (Å²) < 4.78 is 0. The highest BCUT2D eigenvalue weighted by atomic mass is 15.2. The molecule has 0 saturated heterocycles. The predicted molar refractivity (Wildman–Crippen MR) is 81.3 cm³/mol. The van der Waals surface area contributed by atoms with E-state index in [1.54, 1.807) is 0 Å². The van der Waals surface area contributed by atoms with E-state index < -0.39 is 0 Å². The van der Waals surface area contributed by atoms with Crippen LogP contribution < -0.4 is 5.32 Å². The molecule has 3 rings (SSSR count). The van der Waals surface area contributed by atoms with Crippen LogP contribution in [0.25, 0.3) is 0 Å². The second-order valence-electron chi connectivity index (χ2n) is 7.49. The van der Waals surface area contributed by atoms with Crippen molar-refractivity contribution in [3.63, 3.8) is 0 Å². The van der Waals surface area contributed by atoms with Crippen molar-refractivity contribution in [2.45, 2.75) is 70.9 Å². The molecule has 0 aromatic carbocycles. The van der Waals surface area contributed by atoms with E-state index in [0.717, 1.165) is 36.4 Å². The summed E-state index contributed by atoms with van der Waals surface area (Å²) in [6.07, 6.45) is 10.2. The molecule has 3 unspecified atom stereocenters. The second-order valence-corrected chi connectivity index (χ2v) is 7.49. The van der Waals surface area contributed by atoms with Crippen LogP contribution in [0, 0.1) is 17.8 Å². The summed E-state index contributed by atoms with van der Waals surface area (Å²) in [4.78, 5) is 2.90. The Balaban J connectivity index is 1.63. The van der Waals surface area contributed by atoms with Crippen LogP contribution in [0.1, 0.15) is 58.8 Å². The van der Waals surface area contributed by atoms with Gasteiger partial charge in [0.2, 0.25) is 0 Å². The smallest absolute Gasteiger partial charge is 0.0252 e. The summed E-state index contributed by atoms with van der Waals surface area (Å²) in [6.45, 7) is 8.66. The summed E-state index contributed by atoms with van der Waals surface area (Å²) in [6, 6.07) is 1.59. The van der Waals surface area contributed by atoms with Gasteiger partial charge < -0.3 is 5.32 Å². The van der Waals surface area contributed by atoms with E-state index in [9.17, 15) is 0 Å². The summed E-state index contributed by atoms with van der Waals surface area (Å²) >= 11 is 0. The minimum atomic E-state index is 0.763. The van der Waals surface area contributed by atoms with Gasteiger partial charge in [-0.25, -0.2) is 0 Å². The van der Waals surface area contributed by atoms with E-state index in [-0.39, 0.29) is 0 Å². The van der Waals surface area contributed by atoms with Crippen molar-refractivity contribution >= 4 is 0 Å². The fraction of sp³-hybridized carbons (Fsp3) is 1.00. The van der Waals surface area contributed by atoms with E-state index in [1.165, 1.54) is 58.0 Å². The van der Waals surface area contributed by atoms with Crippen LogP contribution in [0.3, 0.4) is 0 Å². The summed E-state index contributed by atoms with van der Waals surface area (Å²) in [5.41, 5.74) is 0. The SMILES string of the molecule is CCNC1CCC(C)CC1N(CC1CC1)CC1CC1. The van der Waals surface area contributed by atoms with Gasteiger partial charge in [0, 0.05) is 25.2 Å². The maximum atomic E-state index is 3.78. The van der Waals surface area contributed by atoms with Crippen LogP contribution in [0.4, 0.5) is 0 Å². The quantitative estimate of drug-likeness (QED) is 0.759. The predicted octanol–water partition coefficient (Wildman–Crippen LogP) is 3.28. The Kier molecular flexibility index (Phi) is 4.48. The molecule has 3 atom stereocenters. The minimum Gasteiger partial charge on any atom is -0.313 e. The molecule has 0 amide bonds. The first-order valence-corrected chi connectivity index (χ1v) is 8.73. The van der Waals surface area contributed by atoms with Crippen LogP contribution in [-0.2, 0) is 0 Å². The molecule has 2 nitrogen and oxygen atoms in total. The Bertz CT molecular complexity index is 269. The maximum Gasteiger partial charge on any atom is 0.0252 e. The lowest BCUT2D eigenvalue weighted by Crippen LogP contribution is -2.54.